The molecule has 3 aromatic carbocycles. The van der Waals surface area contributed by atoms with E-state index in [0.717, 1.165) is 11.3 Å². The van der Waals surface area contributed by atoms with Gasteiger partial charge in [-0.05, 0) is 56.7 Å². The molecule has 1 aliphatic rings. The van der Waals surface area contributed by atoms with Crippen molar-refractivity contribution in [1.29, 1.82) is 0 Å². The van der Waals surface area contributed by atoms with Crippen LogP contribution in [-0.4, -0.2) is 63.3 Å². The number of aromatic nitrogens is 3. The molecule has 1 saturated heterocycles. The van der Waals surface area contributed by atoms with Gasteiger partial charge in [-0.25, -0.2) is 18.7 Å². The summed E-state index contributed by atoms with van der Waals surface area (Å²) in [6.07, 6.45) is 2.82. The molecule has 1 aliphatic heterocycles. The number of fused-ring (bicyclic) bond motifs is 1. The van der Waals surface area contributed by atoms with Crippen LogP contribution in [-0.2, 0) is 11.3 Å². The molecule has 46 heavy (non-hydrogen) atoms. The number of anilines is 2. The molecule has 1 N–H and O–H groups in total. The van der Waals surface area contributed by atoms with Crippen molar-refractivity contribution >= 4 is 29.0 Å². The minimum absolute atomic E-state index is 0.155. The number of nitrogens with zero attached hydrogens (tertiary/aromatic N) is 5. The summed E-state index contributed by atoms with van der Waals surface area (Å²) in [6, 6.07) is 23.4. The van der Waals surface area contributed by atoms with Crippen molar-refractivity contribution in [3.8, 4) is 16.9 Å². The third-order valence-corrected chi connectivity index (χ3v) is 7.51. The molecule has 0 bridgehead atoms. The highest BCUT2D eigenvalue weighted by molar-refractivity contribution is 6.05. The SMILES string of the molecule is CC(C)(C)OC(=O)N1CCN(c2ccccc2NC(=O)c2ccn3ncc(-c4ccc(OCc5ccccc5)cc4F)c3n2)CC1. The van der Waals surface area contributed by atoms with E-state index in [0.29, 0.717) is 61.0 Å². The Balaban J connectivity index is 1.16. The molecule has 3 heterocycles. The van der Waals surface area contributed by atoms with Crippen molar-refractivity contribution in [1.82, 2.24) is 19.5 Å². The monoisotopic (exact) mass is 622 g/mol. The highest BCUT2D eigenvalue weighted by Crippen LogP contribution is 2.30. The minimum Gasteiger partial charge on any atom is -0.489 e. The van der Waals surface area contributed by atoms with E-state index in [-0.39, 0.29) is 11.8 Å². The van der Waals surface area contributed by atoms with Gasteiger partial charge in [0.15, 0.2) is 5.65 Å². The third kappa shape index (κ3) is 6.93. The number of nitrogens with one attached hydrogen (secondary N) is 1. The summed E-state index contributed by atoms with van der Waals surface area (Å²) in [5.74, 6) is -0.503. The number of amides is 2. The van der Waals surface area contributed by atoms with Gasteiger partial charge in [-0.1, -0.05) is 42.5 Å². The molecule has 236 valence electrons. The van der Waals surface area contributed by atoms with Crippen LogP contribution in [0.15, 0.2) is 91.3 Å². The van der Waals surface area contributed by atoms with Crippen LogP contribution in [0.2, 0.25) is 0 Å². The number of rotatable bonds is 7. The first-order chi connectivity index (χ1) is 22.1. The molecule has 10 nitrogen and oxygen atoms in total. The quantitative estimate of drug-likeness (QED) is 0.223. The van der Waals surface area contributed by atoms with Crippen LogP contribution < -0.4 is 15.0 Å². The summed E-state index contributed by atoms with van der Waals surface area (Å²) in [4.78, 5) is 34.4. The Hall–Kier alpha value is -5.45. The second-order valence-electron chi connectivity index (χ2n) is 12.0. The van der Waals surface area contributed by atoms with Gasteiger partial charge < -0.3 is 24.6 Å². The molecule has 2 amide bonds. The van der Waals surface area contributed by atoms with Crippen molar-refractivity contribution in [2.45, 2.75) is 33.0 Å². The number of piperazine rings is 1. The van der Waals surface area contributed by atoms with E-state index in [1.165, 1.54) is 16.8 Å². The maximum atomic E-state index is 15.3. The van der Waals surface area contributed by atoms with Gasteiger partial charge in [-0.15, -0.1) is 0 Å². The zero-order valence-electron chi connectivity index (χ0n) is 25.9. The fraction of sp³-hybridized carbons (Fsp3) is 0.257. The van der Waals surface area contributed by atoms with Gasteiger partial charge in [-0.3, -0.25) is 4.79 Å². The summed E-state index contributed by atoms with van der Waals surface area (Å²) >= 11 is 0. The number of para-hydroxylation sites is 2. The van der Waals surface area contributed by atoms with Gasteiger partial charge >= 0.3 is 6.09 Å². The highest BCUT2D eigenvalue weighted by atomic mass is 19.1. The second kappa shape index (κ2) is 12.9. The van der Waals surface area contributed by atoms with E-state index in [2.05, 4.69) is 20.3 Å². The number of hydrogen-bond acceptors (Lipinski definition) is 7. The maximum Gasteiger partial charge on any atom is 0.410 e. The van der Waals surface area contributed by atoms with Gasteiger partial charge in [-0.2, -0.15) is 5.10 Å². The fourth-order valence-corrected chi connectivity index (χ4v) is 5.23. The number of carbonyl (C=O) groups is 2. The lowest BCUT2D eigenvalue weighted by atomic mass is 10.1. The molecule has 0 saturated carbocycles. The Labute approximate surface area is 266 Å². The largest absolute Gasteiger partial charge is 0.489 e. The molecule has 0 radical (unpaired) electrons. The Kier molecular flexibility index (Phi) is 8.56. The number of benzene rings is 3. The Morgan fingerprint density at radius 2 is 1.65 bits per heavy atom. The number of carbonyl (C=O) groups excluding carboxylic acids is 2. The lowest BCUT2D eigenvalue weighted by Crippen LogP contribution is -2.50. The molecule has 0 spiro atoms. The maximum absolute atomic E-state index is 15.3. The average Bonchev–Trinajstić information content (AvgIpc) is 3.47. The van der Waals surface area contributed by atoms with E-state index in [9.17, 15) is 9.59 Å². The summed E-state index contributed by atoms with van der Waals surface area (Å²) < 4.78 is 28.1. The smallest absolute Gasteiger partial charge is 0.410 e. The average molecular weight is 623 g/mol. The van der Waals surface area contributed by atoms with Crippen LogP contribution in [0.5, 0.6) is 5.75 Å². The van der Waals surface area contributed by atoms with Crippen LogP contribution in [0, 0.1) is 5.82 Å². The number of hydrogen-bond donors (Lipinski definition) is 1. The fourth-order valence-electron chi connectivity index (χ4n) is 5.23. The molecule has 0 unspecified atom stereocenters. The van der Waals surface area contributed by atoms with Gasteiger partial charge in [0.05, 0.1) is 17.6 Å². The Morgan fingerprint density at radius 3 is 2.39 bits per heavy atom. The first-order valence-corrected chi connectivity index (χ1v) is 15.1. The summed E-state index contributed by atoms with van der Waals surface area (Å²) in [7, 11) is 0. The van der Waals surface area contributed by atoms with Gasteiger partial charge in [0.1, 0.15) is 29.5 Å². The van der Waals surface area contributed by atoms with Crippen molar-refractivity contribution < 1.29 is 23.5 Å². The normalized spacial score (nSPS) is 13.5. The zero-order valence-corrected chi connectivity index (χ0v) is 25.9. The standard InChI is InChI=1S/C35H35FN6O4/c1-35(2,3)46-34(44)41-19-17-40(18-20-41)31-12-8-7-11-29(31)39-33(43)30-15-16-42-32(38-30)27(22-37-42)26-14-13-25(21-28(26)36)45-23-24-9-5-4-6-10-24/h4-16,21-22H,17-20,23H2,1-3H3,(H,39,43). The lowest BCUT2D eigenvalue weighted by molar-refractivity contribution is 0.0240. The molecule has 2 aromatic heterocycles. The van der Waals surface area contributed by atoms with E-state index in [1.807, 2.05) is 75.4 Å². The van der Waals surface area contributed by atoms with E-state index >= 15 is 4.39 Å². The molecule has 0 aliphatic carbocycles. The molecule has 1 fully saturated rings. The lowest BCUT2D eigenvalue weighted by Gasteiger charge is -2.37. The molecular weight excluding hydrogens is 587 g/mol. The molecular formula is C35H35FN6O4. The van der Waals surface area contributed by atoms with Crippen LogP contribution >= 0.6 is 0 Å². The summed E-state index contributed by atoms with van der Waals surface area (Å²) in [5.41, 5.74) is 3.11. The van der Waals surface area contributed by atoms with E-state index < -0.39 is 17.3 Å². The predicted molar refractivity (Wildman–Crippen MR) is 174 cm³/mol. The highest BCUT2D eigenvalue weighted by Gasteiger charge is 2.27. The Morgan fingerprint density at radius 1 is 0.913 bits per heavy atom. The van der Waals surface area contributed by atoms with Crippen LogP contribution in [0.4, 0.5) is 20.6 Å². The Bertz CT molecular complexity index is 1860. The van der Waals surface area contributed by atoms with Crippen molar-refractivity contribution in [3.63, 3.8) is 0 Å². The minimum atomic E-state index is -0.559. The summed E-state index contributed by atoms with van der Waals surface area (Å²) in [5, 5.41) is 7.30. The zero-order chi connectivity index (χ0) is 32.3. The van der Waals surface area contributed by atoms with Crippen molar-refractivity contribution in [2.75, 3.05) is 36.4 Å². The first kappa shape index (κ1) is 30.6. The third-order valence-electron chi connectivity index (χ3n) is 7.51. The first-order valence-electron chi connectivity index (χ1n) is 15.1. The van der Waals surface area contributed by atoms with E-state index in [1.54, 1.807) is 29.3 Å². The summed E-state index contributed by atoms with van der Waals surface area (Å²) in [6.45, 7) is 8.01. The van der Waals surface area contributed by atoms with Gasteiger partial charge in [0.2, 0.25) is 0 Å². The molecule has 6 rings (SSSR count). The predicted octanol–water partition coefficient (Wildman–Crippen LogP) is 6.42. The van der Waals surface area contributed by atoms with Crippen molar-refractivity contribution in [2.24, 2.45) is 0 Å². The van der Waals surface area contributed by atoms with Crippen LogP contribution in [0.1, 0.15) is 36.8 Å². The second-order valence-corrected chi connectivity index (χ2v) is 12.0. The topological polar surface area (TPSA) is 101 Å². The molecule has 11 heteroatoms. The molecule has 0 atom stereocenters. The van der Waals surface area contributed by atoms with Crippen LogP contribution in [0.25, 0.3) is 16.8 Å². The molecule has 5 aromatic rings. The van der Waals surface area contributed by atoms with Gasteiger partial charge in [0.25, 0.3) is 5.91 Å². The number of halogens is 1. The van der Waals surface area contributed by atoms with Gasteiger partial charge in [0, 0.05) is 49.6 Å². The van der Waals surface area contributed by atoms with Crippen molar-refractivity contribution in [3.05, 3.63) is 108 Å². The van der Waals surface area contributed by atoms with Crippen LogP contribution in [0.3, 0.4) is 0 Å². The van der Waals surface area contributed by atoms with E-state index in [4.69, 9.17) is 9.47 Å². The number of ether oxygens (including phenoxy) is 2.